The molecule has 0 bridgehead atoms. The number of aliphatic hydroxyl groups excluding tert-OH is 1. The van der Waals surface area contributed by atoms with Crippen molar-refractivity contribution in [2.75, 3.05) is 13.2 Å². The molecule has 0 aliphatic carbocycles. The first-order valence-electron chi connectivity index (χ1n) is 4.43. The van der Waals surface area contributed by atoms with Crippen LogP contribution >= 0.6 is 27.3 Å². The summed E-state index contributed by atoms with van der Waals surface area (Å²) in [6, 6.07) is 3.97. The highest BCUT2D eigenvalue weighted by Gasteiger charge is 2.27. The normalized spacial score (nSPS) is 27.0. The molecule has 1 aliphatic heterocycles. The molecule has 0 saturated carbocycles. The van der Waals surface area contributed by atoms with Crippen LogP contribution in [0.1, 0.15) is 17.6 Å². The third-order valence-corrected chi connectivity index (χ3v) is 3.67. The molecule has 2 rings (SSSR count). The van der Waals surface area contributed by atoms with Crippen LogP contribution < -0.4 is 0 Å². The minimum Gasteiger partial charge on any atom is -0.396 e. The third-order valence-electron chi connectivity index (χ3n) is 2.03. The van der Waals surface area contributed by atoms with Gasteiger partial charge in [-0.05, 0) is 34.5 Å². The van der Waals surface area contributed by atoms with Crippen molar-refractivity contribution in [1.82, 2.24) is 0 Å². The SMILES string of the molecule is OCCC1COC(c2ccc(Br)s2)O1. The quantitative estimate of drug-likeness (QED) is 0.922. The predicted molar refractivity (Wildman–Crippen MR) is 57.3 cm³/mol. The molecule has 1 N–H and O–H groups in total. The highest BCUT2D eigenvalue weighted by Crippen LogP contribution is 2.34. The number of rotatable bonds is 3. The van der Waals surface area contributed by atoms with Crippen LogP contribution in [-0.4, -0.2) is 24.4 Å². The molecule has 1 saturated heterocycles. The number of hydrogen-bond donors (Lipinski definition) is 1. The Balaban J connectivity index is 1.95. The largest absolute Gasteiger partial charge is 0.396 e. The fraction of sp³-hybridized carbons (Fsp3) is 0.556. The summed E-state index contributed by atoms with van der Waals surface area (Å²) >= 11 is 5.00. The van der Waals surface area contributed by atoms with Crippen molar-refractivity contribution in [2.45, 2.75) is 18.8 Å². The van der Waals surface area contributed by atoms with E-state index in [2.05, 4.69) is 15.9 Å². The molecule has 0 aromatic carbocycles. The van der Waals surface area contributed by atoms with Gasteiger partial charge in [0, 0.05) is 6.61 Å². The predicted octanol–water partition coefficient (Wildman–Crippen LogP) is 2.31. The summed E-state index contributed by atoms with van der Waals surface area (Å²) in [4.78, 5) is 1.07. The van der Waals surface area contributed by atoms with Gasteiger partial charge in [0.2, 0.25) is 0 Å². The van der Waals surface area contributed by atoms with Crippen molar-refractivity contribution >= 4 is 27.3 Å². The van der Waals surface area contributed by atoms with Gasteiger partial charge < -0.3 is 14.6 Å². The molecule has 0 radical (unpaired) electrons. The molecule has 1 aliphatic rings. The van der Waals surface area contributed by atoms with E-state index < -0.39 is 0 Å². The van der Waals surface area contributed by atoms with Gasteiger partial charge in [0.05, 0.1) is 21.4 Å². The Morgan fingerprint density at radius 3 is 3.07 bits per heavy atom. The minimum atomic E-state index is -0.247. The zero-order valence-electron chi connectivity index (χ0n) is 7.48. The molecule has 1 aromatic heterocycles. The van der Waals surface area contributed by atoms with Gasteiger partial charge in [0.15, 0.2) is 6.29 Å². The first kappa shape index (κ1) is 10.6. The van der Waals surface area contributed by atoms with Crippen molar-refractivity contribution in [3.63, 3.8) is 0 Å². The van der Waals surface area contributed by atoms with Gasteiger partial charge in [-0.2, -0.15) is 0 Å². The van der Waals surface area contributed by atoms with Crippen molar-refractivity contribution in [3.05, 3.63) is 20.8 Å². The lowest BCUT2D eigenvalue weighted by Gasteiger charge is -2.08. The number of hydrogen-bond acceptors (Lipinski definition) is 4. The average Bonchev–Trinajstić information content (AvgIpc) is 2.74. The van der Waals surface area contributed by atoms with E-state index in [-0.39, 0.29) is 19.0 Å². The Hall–Kier alpha value is 0.0600. The standard InChI is InChI=1S/C9H11BrO3S/c10-8-2-1-7(14-8)9-12-5-6(13-9)3-4-11/h1-2,6,9,11H,3-5H2. The van der Waals surface area contributed by atoms with Crippen LogP contribution in [0.15, 0.2) is 15.9 Å². The molecular weight excluding hydrogens is 268 g/mol. The molecule has 0 amide bonds. The third kappa shape index (κ3) is 2.35. The highest BCUT2D eigenvalue weighted by molar-refractivity contribution is 9.11. The van der Waals surface area contributed by atoms with Crippen LogP contribution in [0, 0.1) is 0 Å². The lowest BCUT2D eigenvalue weighted by atomic mass is 10.3. The zero-order chi connectivity index (χ0) is 9.97. The number of thiophene rings is 1. The van der Waals surface area contributed by atoms with Crippen LogP contribution in [0.3, 0.4) is 0 Å². The smallest absolute Gasteiger partial charge is 0.193 e. The Morgan fingerprint density at radius 1 is 1.57 bits per heavy atom. The second-order valence-corrected chi connectivity index (χ2v) is 5.57. The van der Waals surface area contributed by atoms with Crippen LogP contribution in [0.4, 0.5) is 0 Å². The molecule has 5 heteroatoms. The van der Waals surface area contributed by atoms with Gasteiger partial charge in [0.25, 0.3) is 0 Å². The molecule has 1 fully saturated rings. The van der Waals surface area contributed by atoms with Crippen molar-refractivity contribution in [3.8, 4) is 0 Å². The zero-order valence-corrected chi connectivity index (χ0v) is 9.88. The Labute approximate surface area is 94.8 Å². The van der Waals surface area contributed by atoms with Crippen LogP contribution in [-0.2, 0) is 9.47 Å². The number of halogens is 1. The van der Waals surface area contributed by atoms with Crippen LogP contribution in [0.25, 0.3) is 0 Å². The van der Waals surface area contributed by atoms with E-state index in [1.165, 1.54) is 0 Å². The van der Waals surface area contributed by atoms with Gasteiger partial charge in [-0.25, -0.2) is 0 Å². The van der Waals surface area contributed by atoms with E-state index in [4.69, 9.17) is 14.6 Å². The minimum absolute atomic E-state index is 0.0332. The van der Waals surface area contributed by atoms with E-state index in [1.54, 1.807) is 11.3 Å². The van der Waals surface area contributed by atoms with Crippen LogP contribution in [0.5, 0.6) is 0 Å². The summed E-state index contributed by atoms with van der Waals surface area (Å²) in [7, 11) is 0. The molecule has 1 aromatic rings. The van der Waals surface area contributed by atoms with Crippen molar-refractivity contribution < 1.29 is 14.6 Å². The van der Waals surface area contributed by atoms with Crippen LogP contribution in [0.2, 0.25) is 0 Å². The Morgan fingerprint density at radius 2 is 2.43 bits per heavy atom. The van der Waals surface area contributed by atoms with E-state index >= 15 is 0 Å². The number of aliphatic hydroxyl groups is 1. The maximum absolute atomic E-state index is 8.75. The fourth-order valence-corrected chi connectivity index (χ4v) is 2.76. The van der Waals surface area contributed by atoms with Gasteiger partial charge in [-0.15, -0.1) is 11.3 Å². The fourth-order valence-electron chi connectivity index (χ4n) is 1.35. The summed E-state index contributed by atoms with van der Waals surface area (Å²) in [5.74, 6) is 0. The lowest BCUT2D eigenvalue weighted by Crippen LogP contribution is -2.11. The Bertz CT molecular complexity index is 302. The molecule has 14 heavy (non-hydrogen) atoms. The van der Waals surface area contributed by atoms with E-state index in [0.29, 0.717) is 13.0 Å². The molecule has 2 unspecified atom stereocenters. The Kier molecular flexibility index (Phi) is 3.57. The van der Waals surface area contributed by atoms with Crippen molar-refractivity contribution in [2.24, 2.45) is 0 Å². The molecular formula is C9H11BrO3S. The monoisotopic (exact) mass is 278 g/mol. The van der Waals surface area contributed by atoms with E-state index in [0.717, 1.165) is 8.66 Å². The summed E-state index contributed by atoms with van der Waals surface area (Å²) in [6.45, 7) is 0.718. The maximum atomic E-state index is 8.75. The summed E-state index contributed by atoms with van der Waals surface area (Å²) in [5.41, 5.74) is 0. The topological polar surface area (TPSA) is 38.7 Å². The molecule has 78 valence electrons. The molecule has 3 nitrogen and oxygen atoms in total. The lowest BCUT2D eigenvalue weighted by molar-refractivity contribution is -0.0601. The van der Waals surface area contributed by atoms with Gasteiger partial charge in [-0.1, -0.05) is 0 Å². The summed E-state index contributed by atoms with van der Waals surface area (Å²) < 4.78 is 12.2. The summed E-state index contributed by atoms with van der Waals surface area (Å²) in [6.07, 6.45) is 0.428. The maximum Gasteiger partial charge on any atom is 0.193 e. The molecule has 2 atom stereocenters. The van der Waals surface area contributed by atoms with Gasteiger partial charge in [-0.3, -0.25) is 0 Å². The second kappa shape index (κ2) is 4.72. The van der Waals surface area contributed by atoms with E-state index in [1.807, 2.05) is 12.1 Å². The first-order valence-corrected chi connectivity index (χ1v) is 6.03. The van der Waals surface area contributed by atoms with Crippen molar-refractivity contribution in [1.29, 1.82) is 0 Å². The molecule has 0 spiro atoms. The molecule has 2 heterocycles. The summed E-state index contributed by atoms with van der Waals surface area (Å²) in [5, 5.41) is 8.75. The second-order valence-electron chi connectivity index (χ2n) is 3.08. The number of ether oxygens (including phenoxy) is 2. The van der Waals surface area contributed by atoms with Gasteiger partial charge >= 0.3 is 0 Å². The van der Waals surface area contributed by atoms with Gasteiger partial charge in [0.1, 0.15) is 0 Å². The highest BCUT2D eigenvalue weighted by atomic mass is 79.9. The first-order chi connectivity index (χ1) is 6.79. The average molecular weight is 279 g/mol. The van der Waals surface area contributed by atoms with E-state index in [9.17, 15) is 0 Å².